The molecule has 5 heteroatoms. The van der Waals surface area contributed by atoms with Gasteiger partial charge in [0.25, 0.3) is 5.91 Å². The summed E-state index contributed by atoms with van der Waals surface area (Å²) in [6, 6.07) is 15.5. The Balaban J connectivity index is 1.62. The van der Waals surface area contributed by atoms with E-state index in [0.29, 0.717) is 12.1 Å². The van der Waals surface area contributed by atoms with Crippen molar-refractivity contribution in [2.45, 2.75) is 52.1 Å². The Kier molecular flexibility index (Phi) is 5.87. The summed E-state index contributed by atoms with van der Waals surface area (Å²) >= 11 is 0. The van der Waals surface area contributed by atoms with Crippen molar-refractivity contribution < 1.29 is 14.4 Å². The number of imide groups is 1. The second kappa shape index (κ2) is 8.19. The topological polar surface area (TPSA) is 57.7 Å². The third-order valence-electron chi connectivity index (χ3n) is 5.28. The minimum absolute atomic E-state index is 0.0650. The molecule has 1 aliphatic heterocycles. The van der Waals surface area contributed by atoms with Crippen LogP contribution in [0.25, 0.3) is 0 Å². The molecule has 1 fully saturated rings. The second-order valence-corrected chi connectivity index (χ2v) is 8.68. The number of rotatable bonds is 5. The fourth-order valence-electron chi connectivity index (χ4n) is 3.41. The average Bonchev–Trinajstić information content (AvgIpc) is 2.99. The minimum atomic E-state index is -0.132. The van der Waals surface area contributed by atoms with Crippen molar-refractivity contribution in [3.63, 3.8) is 0 Å². The summed E-state index contributed by atoms with van der Waals surface area (Å²) in [5.74, 6) is -0.329. The molecule has 0 atom stereocenters. The molecule has 0 radical (unpaired) electrons. The molecule has 0 aliphatic carbocycles. The van der Waals surface area contributed by atoms with E-state index in [2.05, 4.69) is 45.0 Å². The van der Waals surface area contributed by atoms with Crippen LogP contribution in [-0.2, 0) is 28.1 Å². The first-order valence-corrected chi connectivity index (χ1v) is 9.92. The van der Waals surface area contributed by atoms with E-state index in [0.717, 1.165) is 11.1 Å². The number of amides is 3. The molecule has 152 valence electrons. The average molecular weight is 392 g/mol. The Morgan fingerprint density at radius 3 is 1.93 bits per heavy atom. The van der Waals surface area contributed by atoms with E-state index in [9.17, 15) is 14.4 Å². The molecule has 3 amide bonds. The summed E-state index contributed by atoms with van der Waals surface area (Å²) in [5, 5.41) is 0. The monoisotopic (exact) mass is 392 g/mol. The van der Waals surface area contributed by atoms with Crippen molar-refractivity contribution in [3.8, 4) is 0 Å². The van der Waals surface area contributed by atoms with Gasteiger partial charge in [-0.3, -0.25) is 19.3 Å². The Labute approximate surface area is 172 Å². The zero-order valence-electron chi connectivity index (χ0n) is 17.6. The van der Waals surface area contributed by atoms with Gasteiger partial charge < -0.3 is 4.90 Å². The maximum Gasteiger partial charge on any atom is 0.253 e. The van der Waals surface area contributed by atoms with Crippen molar-refractivity contribution in [1.29, 1.82) is 0 Å². The first-order valence-electron chi connectivity index (χ1n) is 9.92. The lowest BCUT2D eigenvalue weighted by Crippen LogP contribution is -2.28. The van der Waals surface area contributed by atoms with Gasteiger partial charge in [0.15, 0.2) is 0 Å². The molecule has 1 saturated heterocycles. The highest BCUT2D eigenvalue weighted by molar-refractivity contribution is 6.01. The first kappa shape index (κ1) is 20.8. The molecule has 0 saturated carbocycles. The highest BCUT2D eigenvalue weighted by Crippen LogP contribution is 2.23. The van der Waals surface area contributed by atoms with Crippen LogP contribution in [0.1, 0.15) is 60.7 Å². The lowest BCUT2D eigenvalue weighted by molar-refractivity contribution is -0.139. The predicted molar refractivity (Wildman–Crippen MR) is 112 cm³/mol. The highest BCUT2D eigenvalue weighted by Gasteiger charge is 2.28. The summed E-state index contributed by atoms with van der Waals surface area (Å²) in [6.07, 6.45) is 0.577. The van der Waals surface area contributed by atoms with Gasteiger partial charge in [-0.2, -0.15) is 0 Å². The second-order valence-electron chi connectivity index (χ2n) is 8.68. The van der Waals surface area contributed by atoms with Crippen molar-refractivity contribution in [3.05, 3.63) is 70.8 Å². The molecule has 5 nitrogen and oxygen atoms in total. The van der Waals surface area contributed by atoms with E-state index in [-0.39, 0.29) is 42.5 Å². The third kappa shape index (κ3) is 4.91. The maximum atomic E-state index is 12.7. The fraction of sp³-hybridized carbons (Fsp3) is 0.375. The van der Waals surface area contributed by atoms with Crippen LogP contribution in [0.15, 0.2) is 48.5 Å². The van der Waals surface area contributed by atoms with E-state index < -0.39 is 0 Å². The third-order valence-corrected chi connectivity index (χ3v) is 5.28. The summed E-state index contributed by atoms with van der Waals surface area (Å²) in [4.78, 5) is 39.2. The van der Waals surface area contributed by atoms with Crippen LogP contribution in [0, 0.1) is 0 Å². The lowest BCUT2D eigenvalue weighted by Gasteiger charge is -2.21. The number of hydrogen-bond acceptors (Lipinski definition) is 3. The Hall–Kier alpha value is -2.95. The van der Waals surface area contributed by atoms with Gasteiger partial charge in [-0.15, -0.1) is 0 Å². The molecule has 29 heavy (non-hydrogen) atoms. The summed E-state index contributed by atoms with van der Waals surface area (Å²) in [6.45, 7) is 7.33. The van der Waals surface area contributed by atoms with Gasteiger partial charge in [-0.1, -0.05) is 57.2 Å². The zero-order valence-corrected chi connectivity index (χ0v) is 17.6. The maximum absolute atomic E-state index is 12.7. The van der Waals surface area contributed by atoms with Crippen LogP contribution in [0.5, 0.6) is 0 Å². The summed E-state index contributed by atoms with van der Waals surface area (Å²) in [7, 11) is 1.79. The smallest absolute Gasteiger partial charge is 0.253 e. The van der Waals surface area contributed by atoms with Crippen LogP contribution in [-0.4, -0.2) is 34.6 Å². The van der Waals surface area contributed by atoms with E-state index >= 15 is 0 Å². The van der Waals surface area contributed by atoms with Gasteiger partial charge in [0, 0.05) is 32.0 Å². The van der Waals surface area contributed by atoms with Crippen LogP contribution < -0.4 is 0 Å². The van der Waals surface area contributed by atoms with Gasteiger partial charge in [0.05, 0.1) is 6.54 Å². The van der Waals surface area contributed by atoms with Crippen LogP contribution in [0.4, 0.5) is 0 Å². The molecule has 0 spiro atoms. The largest absolute Gasteiger partial charge is 0.337 e. The predicted octanol–water partition coefficient (Wildman–Crippen LogP) is 3.91. The standard InChI is InChI=1S/C24H28N2O3/c1-24(2,3)20-11-7-17(8-12-20)15-25(4)23(29)19-9-5-18(6-10-19)16-26-21(27)13-14-22(26)28/h5-12H,13-16H2,1-4H3. The van der Waals surface area contributed by atoms with Crippen molar-refractivity contribution in [2.75, 3.05) is 7.05 Å². The SMILES string of the molecule is CN(Cc1ccc(C(C)(C)C)cc1)C(=O)c1ccc(CN2C(=O)CCC2=O)cc1. The Morgan fingerprint density at radius 2 is 1.41 bits per heavy atom. The van der Waals surface area contributed by atoms with E-state index in [1.54, 1.807) is 36.2 Å². The van der Waals surface area contributed by atoms with Gasteiger partial charge in [0.1, 0.15) is 0 Å². The minimum Gasteiger partial charge on any atom is -0.337 e. The molecule has 2 aromatic rings. The van der Waals surface area contributed by atoms with Gasteiger partial charge in [-0.05, 0) is 34.2 Å². The van der Waals surface area contributed by atoms with Crippen LogP contribution in [0.2, 0.25) is 0 Å². The van der Waals surface area contributed by atoms with E-state index in [1.807, 2.05) is 0 Å². The molecule has 2 aromatic carbocycles. The van der Waals surface area contributed by atoms with Crippen molar-refractivity contribution in [2.24, 2.45) is 0 Å². The zero-order chi connectivity index (χ0) is 21.2. The summed E-state index contributed by atoms with van der Waals surface area (Å²) < 4.78 is 0. The van der Waals surface area contributed by atoms with Crippen LogP contribution in [0.3, 0.4) is 0 Å². The molecule has 3 rings (SSSR count). The molecular formula is C24H28N2O3. The number of benzene rings is 2. The highest BCUT2D eigenvalue weighted by atomic mass is 16.2. The molecule has 0 unspecified atom stereocenters. The Morgan fingerprint density at radius 1 is 0.897 bits per heavy atom. The van der Waals surface area contributed by atoms with Gasteiger partial charge in [-0.25, -0.2) is 0 Å². The number of nitrogens with zero attached hydrogens (tertiary/aromatic N) is 2. The molecule has 0 bridgehead atoms. The lowest BCUT2D eigenvalue weighted by atomic mass is 9.87. The van der Waals surface area contributed by atoms with Crippen molar-refractivity contribution in [1.82, 2.24) is 9.80 Å². The molecule has 0 aromatic heterocycles. The normalized spacial score (nSPS) is 14.4. The fourth-order valence-corrected chi connectivity index (χ4v) is 3.41. The number of likely N-dealkylation sites (tertiary alicyclic amines) is 1. The Bertz CT molecular complexity index is 893. The summed E-state index contributed by atoms with van der Waals surface area (Å²) in [5.41, 5.74) is 3.87. The molecule has 1 heterocycles. The van der Waals surface area contributed by atoms with Crippen molar-refractivity contribution >= 4 is 17.7 Å². The van der Waals surface area contributed by atoms with E-state index in [4.69, 9.17) is 0 Å². The number of hydrogen-bond donors (Lipinski definition) is 0. The van der Waals surface area contributed by atoms with Gasteiger partial charge in [0.2, 0.25) is 11.8 Å². The quantitative estimate of drug-likeness (QED) is 0.725. The molecular weight excluding hydrogens is 364 g/mol. The van der Waals surface area contributed by atoms with Crippen LogP contribution >= 0.6 is 0 Å². The first-order chi connectivity index (χ1) is 13.6. The van der Waals surface area contributed by atoms with E-state index in [1.165, 1.54) is 10.5 Å². The molecule has 1 aliphatic rings. The number of carbonyl (C=O) groups is 3. The molecule has 0 N–H and O–H groups in total. The van der Waals surface area contributed by atoms with Gasteiger partial charge >= 0.3 is 0 Å². The number of carbonyl (C=O) groups excluding carboxylic acids is 3.